The Morgan fingerprint density at radius 2 is 1.95 bits per heavy atom. The zero-order chi connectivity index (χ0) is 26.9. The van der Waals surface area contributed by atoms with Crippen molar-refractivity contribution in [1.29, 1.82) is 0 Å². The standard InChI is InChI=1S/C26H30Cl2FN5O3/c1-14(20-18(27)5-6-19(29)22(20)28)36-23-21(25(35)37-26(2,3)4)17(12-32-24(23)30)15-11-33-34(13-15)16-7-9-31-10-8-16/h5-6,11-14,16,31H,7-10H2,1-4H3,(H2,30,32). The van der Waals surface area contributed by atoms with Gasteiger partial charge in [0.25, 0.3) is 0 Å². The van der Waals surface area contributed by atoms with Crippen LogP contribution in [0.15, 0.2) is 30.7 Å². The van der Waals surface area contributed by atoms with Crippen molar-refractivity contribution >= 4 is 35.0 Å². The molecule has 1 aliphatic rings. The second kappa shape index (κ2) is 10.8. The SMILES string of the molecule is CC(Oc1c(N)ncc(-c2cnn(C3CCNCC3)c2)c1C(=O)OC(C)(C)C)c1c(Cl)ccc(F)c1Cl. The van der Waals surface area contributed by atoms with Gasteiger partial charge in [0.15, 0.2) is 11.6 Å². The Kier molecular flexibility index (Phi) is 7.96. The molecule has 4 rings (SSSR count). The maximum Gasteiger partial charge on any atom is 0.343 e. The number of anilines is 1. The first-order valence-electron chi connectivity index (χ1n) is 12.0. The minimum atomic E-state index is -0.867. The molecule has 198 valence electrons. The Bertz CT molecular complexity index is 1300. The van der Waals surface area contributed by atoms with Gasteiger partial charge >= 0.3 is 5.97 Å². The van der Waals surface area contributed by atoms with Crippen LogP contribution in [0.4, 0.5) is 10.2 Å². The van der Waals surface area contributed by atoms with Crippen LogP contribution in [-0.2, 0) is 4.74 Å². The number of benzene rings is 1. The van der Waals surface area contributed by atoms with E-state index in [4.69, 9.17) is 38.4 Å². The van der Waals surface area contributed by atoms with Gasteiger partial charge in [-0.05, 0) is 65.8 Å². The number of esters is 1. The molecule has 1 fully saturated rings. The third-order valence-electron chi connectivity index (χ3n) is 6.04. The normalized spacial score (nSPS) is 15.4. The summed E-state index contributed by atoms with van der Waals surface area (Å²) in [5.74, 6) is -1.34. The highest BCUT2D eigenvalue weighted by molar-refractivity contribution is 6.36. The molecule has 11 heteroatoms. The lowest BCUT2D eigenvalue weighted by atomic mass is 10.0. The first-order chi connectivity index (χ1) is 17.5. The van der Waals surface area contributed by atoms with Gasteiger partial charge in [0.2, 0.25) is 0 Å². The van der Waals surface area contributed by atoms with E-state index in [-0.39, 0.29) is 38.8 Å². The minimum Gasteiger partial charge on any atom is -0.481 e. The average Bonchev–Trinajstić information content (AvgIpc) is 3.32. The average molecular weight is 550 g/mol. The molecule has 0 amide bonds. The van der Waals surface area contributed by atoms with Crippen molar-refractivity contribution in [3.8, 4) is 16.9 Å². The van der Waals surface area contributed by atoms with Crippen LogP contribution in [0.2, 0.25) is 10.0 Å². The molecule has 1 aliphatic heterocycles. The summed E-state index contributed by atoms with van der Waals surface area (Å²) in [6.07, 6.45) is 6.08. The van der Waals surface area contributed by atoms with E-state index in [0.29, 0.717) is 11.1 Å². The summed E-state index contributed by atoms with van der Waals surface area (Å²) in [6, 6.07) is 2.80. The summed E-state index contributed by atoms with van der Waals surface area (Å²) in [7, 11) is 0. The number of nitrogens with two attached hydrogens (primary N) is 1. The number of nitrogen functional groups attached to an aromatic ring is 1. The third kappa shape index (κ3) is 6.00. The lowest BCUT2D eigenvalue weighted by Gasteiger charge is -2.24. The van der Waals surface area contributed by atoms with Crippen LogP contribution in [0.5, 0.6) is 5.75 Å². The number of nitrogens with one attached hydrogen (secondary N) is 1. The molecule has 0 bridgehead atoms. The Labute approximate surface area is 225 Å². The molecule has 3 N–H and O–H groups in total. The molecule has 0 saturated carbocycles. The van der Waals surface area contributed by atoms with E-state index >= 15 is 0 Å². The van der Waals surface area contributed by atoms with Gasteiger partial charge in [-0.3, -0.25) is 4.68 Å². The van der Waals surface area contributed by atoms with E-state index in [1.165, 1.54) is 18.3 Å². The van der Waals surface area contributed by atoms with Crippen molar-refractivity contribution in [1.82, 2.24) is 20.1 Å². The number of halogens is 3. The number of hydrogen-bond acceptors (Lipinski definition) is 7. The molecule has 37 heavy (non-hydrogen) atoms. The molecule has 0 spiro atoms. The van der Waals surface area contributed by atoms with Crippen molar-refractivity contribution in [2.45, 2.75) is 58.3 Å². The van der Waals surface area contributed by atoms with Gasteiger partial charge in [0.05, 0.1) is 17.3 Å². The zero-order valence-electron chi connectivity index (χ0n) is 21.1. The number of carbonyl (C=O) groups excluding carboxylic acids is 1. The van der Waals surface area contributed by atoms with Crippen LogP contribution in [0.25, 0.3) is 11.1 Å². The molecule has 2 aromatic heterocycles. The highest BCUT2D eigenvalue weighted by Gasteiger charge is 2.30. The Morgan fingerprint density at radius 1 is 1.24 bits per heavy atom. The molecule has 0 radical (unpaired) electrons. The fourth-order valence-corrected chi connectivity index (χ4v) is 4.95. The van der Waals surface area contributed by atoms with Gasteiger partial charge in [-0.25, -0.2) is 14.2 Å². The number of pyridine rings is 1. The number of rotatable bonds is 6. The van der Waals surface area contributed by atoms with Gasteiger partial charge in [0, 0.05) is 34.1 Å². The zero-order valence-corrected chi connectivity index (χ0v) is 22.7. The minimum absolute atomic E-state index is 0.00902. The predicted molar refractivity (Wildman–Crippen MR) is 142 cm³/mol. The quantitative estimate of drug-likeness (QED) is 0.287. The summed E-state index contributed by atoms with van der Waals surface area (Å²) < 4.78 is 28.0. The Morgan fingerprint density at radius 3 is 2.62 bits per heavy atom. The van der Waals surface area contributed by atoms with Crippen LogP contribution in [0.3, 0.4) is 0 Å². The number of hydrogen-bond donors (Lipinski definition) is 2. The summed E-state index contributed by atoms with van der Waals surface area (Å²) in [5.41, 5.74) is 6.84. The fourth-order valence-electron chi connectivity index (χ4n) is 4.28. The Hall–Kier alpha value is -2.88. The van der Waals surface area contributed by atoms with E-state index < -0.39 is 23.5 Å². The molecule has 1 atom stereocenters. The largest absolute Gasteiger partial charge is 0.481 e. The van der Waals surface area contributed by atoms with Gasteiger partial charge < -0.3 is 20.5 Å². The fraction of sp³-hybridized carbons (Fsp3) is 0.423. The summed E-state index contributed by atoms with van der Waals surface area (Å²) in [5, 5.41) is 7.92. The van der Waals surface area contributed by atoms with Crippen LogP contribution < -0.4 is 15.8 Å². The number of ether oxygens (including phenoxy) is 2. The maximum atomic E-state index is 14.2. The second-order valence-corrected chi connectivity index (χ2v) is 10.8. The van der Waals surface area contributed by atoms with Crippen LogP contribution in [-0.4, -0.2) is 39.4 Å². The van der Waals surface area contributed by atoms with Crippen molar-refractivity contribution in [3.05, 3.63) is 57.7 Å². The number of carbonyl (C=O) groups is 1. The highest BCUT2D eigenvalue weighted by atomic mass is 35.5. The molecule has 1 unspecified atom stereocenters. The first-order valence-corrected chi connectivity index (χ1v) is 12.8. The van der Waals surface area contributed by atoms with E-state index in [1.54, 1.807) is 33.9 Å². The molecule has 3 heterocycles. The third-order valence-corrected chi connectivity index (χ3v) is 6.75. The van der Waals surface area contributed by atoms with Gasteiger partial charge in [-0.2, -0.15) is 5.10 Å². The number of nitrogens with zero attached hydrogens (tertiary/aromatic N) is 3. The van der Waals surface area contributed by atoms with Crippen LogP contribution in [0, 0.1) is 5.82 Å². The van der Waals surface area contributed by atoms with E-state index in [9.17, 15) is 9.18 Å². The molecular formula is C26H30Cl2FN5O3. The maximum absolute atomic E-state index is 14.2. The second-order valence-electron chi connectivity index (χ2n) is 9.97. The molecule has 1 saturated heterocycles. The predicted octanol–water partition coefficient (Wildman–Crippen LogP) is 5.99. The molecule has 1 aromatic carbocycles. The van der Waals surface area contributed by atoms with Crippen molar-refractivity contribution in [3.63, 3.8) is 0 Å². The summed E-state index contributed by atoms with van der Waals surface area (Å²) in [6.45, 7) is 8.74. The summed E-state index contributed by atoms with van der Waals surface area (Å²) >= 11 is 12.5. The molecule has 8 nitrogen and oxygen atoms in total. The van der Waals surface area contributed by atoms with Crippen LogP contribution in [0.1, 0.15) is 68.6 Å². The van der Waals surface area contributed by atoms with Gasteiger partial charge in [0.1, 0.15) is 23.1 Å². The number of aromatic nitrogens is 3. The van der Waals surface area contributed by atoms with Gasteiger partial charge in [-0.1, -0.05) is 23.2 Å². The van der Waals surface area contributed by atoms with Crippen molar-refractivity contribution in [2.75, 3.05) is 18.8 Å². The highest BCUT2D eigenvalue weighted by Crippen LogP contribution is 2.40. The smallest absolute Gasteiger partial charge is 0.343 e. The lowest BCUT2D eigenvalue weighted by molar-refractivity contribution is 0.00653. The van der Waals surface area contributed by atoms with E-state index in [2.05, 4.69) is 15.4 Å². The molecular weight excluding hydrogens is 520 g/mol. The van der Waals surface area contributed by atoms with Crippen molar-refractivity contribution in [2.24, 2.45) is 0 Å². The topological polar surface area (TPSA) is 104 Å². The summed E-state index contributed by atoms with van der Waals surface area (Å²) in [4.78, 5) is 17.8. The van der Waals surface area contributed by atoms with E-state index in [1.807, 2.05) is 10.9 Å². The molecule has 0 aliphatic carbocycles. The van der Waals surface area contributed by atoms with Crippen LogP contribution >= 0.6 is 23.2 Å². The lowest BCUT2D eigenvalue weighted by Crippen LogP contribution is -2.29. The molecule has 3 aromatic rings. The monoisotopic (exact) mass is 549 g/mol. The number of piperidine rings is 1. The Balaban J connectivity index is 1.80. The van der Waals surface area contributed by atoms with Gasteiger partial charge in [-0.15, -0.1) is 0 Å². The van der Waals surface area contributed by atoms with Crippen molar-refractivity contribution < 1.29 is 18.7 Å². The van der Waals surface area contributed by atoms with E-state index in [0.717, 1.165) is 25.9 Å². The first kappa shape index (κ1) is 27.2.